The van der Waals surface area contributed by atoms with E-state index in [1.165, 1.54) is 0 Å². The fourth-order valence-electron chi connectivity index (χ4n) is 5.84. The maximum Gasteiger partial charge on any atom is 0.260 e. The molecule has 2 N–H and O–H groups in total. The summed E-state index contributed by atoms with van der Waals surface area (Å²) in [6, 6.07) is 17.9. The van der Waals surface area contributed by atoms with Crippen LogP contribution < -0.4 is 10.2 Å². The zero-order chi connectivity index (χ0) is 32.1. The van der Waals surface area contributed by atoms with Crippen LogP contribution in [0.5, 0.6) is 0 Å². The highest BCUT2D eigenvalue weighted by Gasteiger charge is 2.34. The first kappa shape index (κ1) is 32.0. The van der Waals surface area contributed by atoms with Crippen molar-refractivity contribution in [1.82, 2.24) is 25.1 Å². The molecule has 7 rings (SSSR count). The molecular formula is C36H43N7O2. The third-order valence-corrected chi connectivity index (χ3v) is 8.56. The van der Waals surface area contributed by atoms with E-state index in [0.29, 0.717) is 48.3 Å². The smallest absolute Gasteiger partial charge is 0.260 e. The van der Waals surface area contributed by atoms with Gasteiger partial charge in [0.1, 0.15) is 12.1 Å². The van der Waals surface area contributed by atoms with Crippen molar-refractivity contribution in [2.45, 2.75) is 84.4 Å². The number of carbonyl (C=O) groups is 1. The van der Waals surface area contributed by atoms with Gasteiger partial charge in [0.05, 0.1) is 23.8 Å². The van der Waals surface area contributed by atoms with Crippen molar-refractivity contribution in [3.8, 4) is 28.6 Å². The van der Waals surface area contributed by atoms with E-state index >= 15 is 0 Å². The molecule has 9 nitrogen and oxygen atoms in total. The van der Waals surface area contributed by atoms with Crippen LogP contribution in [-0.4, -0.2) is 42.9 Å². The molecular weight excluding hydrogens is 562 g/mol. The minimum absolute atomic E-state index is 0.0563. The molecule has 0 spiro atoms. The summed E-state index contributed by atoms with van der Waals surface area (Å²) < 4.78 is 1.84. The summed E-state index contributed by atoms with van der Waals surface area (Å²) in [5.41, 5.74) is 6.30. The van der Waals surface area contributed by atoms with Gasteiger partial charge in [-0.05, 0) is 84.7 Å². The first-order valence-corrected chi connectivity index (χ1v) is 16.2. The lowest BCUT2D eigenvalue weighted by atomic mass is 9.80. The van der Waals surface area contributed by atoms with Crippen LogP contribution in [0.1, 0.15) is 98.5 Å². The third kappa shape index (κ3) is 6.68. The van der Waals surface area contributed by atoms with Gasteiger partial charge in [-0.25, -0.2) is 4.98 Å². The Bertz CT molecular complexity index is 1710. The highest BCUT2D eigenvalue weighted by Crippen LogP contribution is 2.43. The SMILES string of the molecule is CC.CC.Cn1cnnc1-c1cc(C#N)ccc1-c1cc(C2CC2)nc(N2Cc3ccc(CNCC4(O)CCC4)cc3C2=O)c1. The summed E-state index contributed by atoms with van der Waals surface area (Å²) >= 11 is 0. The molecule has 2 aliphatic carbocycles. The summed E-state index contributed by atoms with van der Waals surface area (Å²) in [5, 5.41) is 31.7. The molecule has 1 aliphatic heterocycles. The molecule has 3 aliphatic rings. The molecule has 2 saturated carbocycles. The molecule has 2 aromatic heterocycles. The van der Waals surface area contributed by atoms with E-state index in [2.05, 4.69) is 33.7 Å². The summed E-state index contributed by atoms with van der Waals surface area (Å²) in [5.74, 6) is 1.62. The molecule has 3 heterocycles. The van der Waals surface area contributed by atoms with Gasteiger partial charge in [0.15, 0.2) is 5.82 Å². The van der Waals surface area contributed by atoms with Crippen molar-refractivity contribution >= 4 is 11.7 Å². The minimum atomic E-state index is -0.582. The number of aryl methyl sites for hydroxylation is 1. The summed E-state index contributed by atoms with van der Waals surface area (Å²) in [6.07, 6.45) is 6.57. The van der Waals surface area contributed by atoms with Crippen LogP contribution in [0.3, 0.4) is 0 Å². The number of amides is 1. The molecule has 0 atom stereocenters. The number of nitrogens with one attached hydrogen (secondary N) is 1. The number of aromatic nitrogens is 4. The topological polar surface area (TPSA) is 120 Å². The molecule has 2 fully saturated rings. The van der Waals surface area contributed by atoms with E-state index < -0.39 is 5.60 Å². The normalized spacial score (nSPS) is 16.0. The molecule has 2 aromatic carbocycles. The number of pyridine rings is 1. The van der Waals surface area contributed by atoms with Crippen LogP contribution in [0.4, 0.5) is 5.82 Å². The molecule has 4 aromatic rings. The number of nitrogens with zero attached hydrogens (tertiary/aromatic N) is 6. The predicted molar refractivity (Wildman–Crippen MR) is 177 cm³/mol. The van der Waals surface area contributed by atoms with Gasteiger partial charge in [0, 0.05) is 42.9 Å². The highest BCUT2D eigenvalue weighted by atomic mass is 16.3. The Labute approximate surface area is 266 Å². The van der Waals surface area contributed by atoms with Crippen molar-refractivity contribution in [3.05, 3.63) is 82.8 Å². The van der Waals surface area contributed by atoms with E-state index in [0.717, 1.165) is 65.6 Å². The zero-order valence-corrected chi connectivity index (χ0v) is 27.0. The number of anilines is 1. The van der Waals surface area contributed by atoms with E-state index in [9.17, 15) is 15.2 Å². The van der Waals surface area contributed by atoms with Gasteiger partial charge in [0.25, 0.3) is 5.91 Å². The molecule has 234 valence electrons. The highest BCUT2D eigenvalue weighted by molar-refractivity contribution is 6.10. The number of nitriles is 1. The lowest BCUT2D eigenvalue weighted by Crippen LogP contribution is -2.45. The number of hydrogen-bond acceptors (Lipinski definition) is 7. The second-order valence-electron chi connectivity index (χ2n) is 11.6. The third-order valence-electron chi connectivity index (χ3n) is 8.56. The largest absolute Gasteiger partial charge is 0.389 e. The number of rotatable bonds is 8. The van der Waals surface area contributed by atoms with E-state index in [-0.39, 0.29) is 5.91 Å². The Hall–Kier alpha value is -4.39. The molecule has 9 heteroatoms. The lowest BCUT2D eigenvalue weighted by Gasteiger charge is -2.36. The predicted octanol–water partition coefficient (Wildman–Crippen LogP) is 6.51. The first-order chi connectivity index (χ1) is 21.9. The number of fused-ring (bicyclic) bond motifs is 1. The summed E-state index contributed by atoms with van der Waals surface area (Å²) in [6.45, 7) is 9.63. The van der Waals surface area contributed by atoms with Crippen molar-refractivity contribution in [2.75, 3.05) is 11.4 Å². The standard InChI is InChI=1S/C32H31N7O2.2C2H6/c1-38-19-35-37-30(38)27-11-20(15-33)4-8-25(27)24-13-28(22-6-7-22)36-29(14-24)39-17-23-5-3-21(12-26(23)31(39)40)16-34-18-32(41)9-2-10-32;2*1-2/h3-5,8,11-14,19,22,34,41H,2,6-7,9-10,16-18H2,1H3;2*1-2H3. The van der Waals surface area contributed by atoms with Crippen molar-refractivity contribution in [3.63, 3.8) is 0 Å². The van der Waals surface area contributed by atoms with Crippen molar-refractivity contribution in [1.29, 1.82) is 5.26 Å². The van der Waals surface area contributed by atoms with Crippen molar-refractivity contribution < 1.29 is 9.90 Å². The van der Waals surface area contributed by atoms with Crippen LogP contribution >= 0.6 is 0 Å². The molecule has 0 bridgehead atoms. The quantitative estimate of drug-likeness (QED) is 0.235. The molecule has 0 unspecified atom stereocenters. The van der Waals surface area contributed by atoms with Gasteiger partial charge in [0.2, 0.25) is 0 Å². The molecule has 0 radical (unpaired) electrons. The number of carbonyl (C=O) groups excluding carboxylic acids is 1. The summed E-state index contributed by atoms with van der Waals surface area (Å²) in [4.78, 5) is 20.5. The van der Waals surface area contributed by atoms with Crippen LogP contribution in [-0.2, 0) is 20.1 Å². The van der Waals surface area contributed by atoms with Crippen LogP contribution in [0, 0.1) is 11.3 Å². The Kier molecular flexibility index (Phi) is 9.76. The fourth-order valence-corrected chi connectivity index (χ4v) is 5.84. The number of aliphatic hydroxyl groups is 1. The van der Waals surface area contributed by atoms with Gasteiger partial charge in [-0.2, -0.15) is 5.26 Å². The van der Waals surface area contributed by atoms with E-state index in [1.54, 1.807) is 11.2 Å². The number of hydrogen-bond donors (Lipinski definition) is 2. The van der Waals surface area contributed by atoms with Gasteiger partial charge in [-0.15, -0.1) is 10.2 Å². The maximum absolute atomic E-state index is 13.7. The molecule has 1 amide bonds. The fraction of sp³-hybridized carbons (Fsp3) is 0.417. The zero-order valence-electron chi connectivity index (χ0n) is 27.0. The van der Waals surface area contributed by atoms with E-state index in [1.807, 2.05) is 75.7 Å². The average molecular weight is 606 g/mol. The monoisotopic (exact) mass is 605 g/mol. The number of benzene rings is 2. The maximum atomic E-state index is 13.7. The molecule has 0 saturated heterocycles. The van der Waals surface area contributed by atoms with Gasteiger partial charge >= 0.3 is 0 Å². The summed E-state index contributed by atoms with van der Waals surface area (Å²) in [7, 11) is 1.88. The van der Waals surface area contributed by atoms with Gasteiger partial charge < -0.3 is 15.0 Å². The minimum Gasteiger partial charge on any atom is -0.389 e. The Morgan fingerprint density at radius 2 is 1.80 bits per heavy atom. The van der Waals surface area contributed by atoms with Crippen LogP contribution in [0.15, 0.2) is 54.9 Å². The average Bonchev–Trinajstić information content (AvgIpc) is 3.76. The Morgan fingerprint density at radius 1 is 1.02 bits per heavy atom. The van der Waals surface area contributed by atoms with Gasteiger partial charge in [-0.3, -0.25) is 9.69 Å². The molecule has 45 heavy (non-hydrogen) atoms. The van der Waals surface area contributed by atoms with Gasteiger partial charge in [-0.1, -0.05) is 45.9 Å². The second kappa shape index (κ2) is 13.7. The van der Waals surface area contributed by atoms with Crippen LogP contribution in [0.25, 0.3) is 22.5 Å². The van der Waals surface area contributed by atoms with Crippen LogP contribution in [0.2, 0.25) is 0 Å². The Morgan fingerprint density at radius 3 is 2.44 bits per heavy atom. The van der Waals surface area contributed by atoms with Crippen molar-refractivity contribution in [2.24, 2.45) is 7.05 Å². The Balaban J connectivity index is 0.000000963. The lowest BCUT2D eigenvalue weighted by molar-refractivity contribution is -0.0314. The van der Waals surface area contributed by atoms with E-state index in [4.69, 9.17) is 4.98 Å². The second-order valence-corrected chi connectivity index (χ2v) is 11.6. The first-order valence-electron chi connectivity index (χ1n) is 16.2.